The van der Waals surface area contributed by atoms with Crippen LogP contribution in [0.15, 0.2) is 11.4 Å². The van der Waals surface area contributed by atoms with Gasteiger partial charge in [0.2, 0.25) is 0 Å². The molecule has 2 heterocycles. The Balaban J connectivity index is 1.73. The highest BCUT2D eigenvalue weighted by molar-refractivity contribution is 7.91. The van der Waals surface area contributed by atoms with Crippen LogP contribution in [0.25, 0.3) is 0 Å². The van der Waals surface area contributed by atoms with Crippen LogP contribution in [-0.2, 0) is 16.4 Å². The molecule has 0 N–H and O–H groups in total. The Hall–Kier alpha value is -0.990. The van der Waals surface area contributed by atoms with Crippen molar-refractivity contribution in [3.05, 3.63) is 27.1 Å². The molecule has 1 aliphatic carbocycles. The molecule has 1 atom stereocenters. The van der Waals surface area contributed by atoms with E-state index in [4.69, 9.17) is 0 Å². The maximum absolute atomic E-state index is 11.6. The van der Waals surface area contributed by atoms with Crippen molar-refractivity contribution in [1.82, 2.24) is 4.90 Å². The molecule has 0 aromatic carbocycles. The lowest BCUT2D eigenvalue weighted by molar-refractivity contribution is -0.380. The topological polar surface area (TPSA) is 80.5 Å². The summed E-state index contributed by atoms with van der Waals surface area (Å²) in [4.78, 5) is 12.6. The third-order valence-corrected chi connectivity index (χ3v) is 6.56. The first-order valence-electron chi connectivity index (χ1n) is 6.62. The van der Waals surface area contributed by atoms with Gasteiger partial charge in [-0.15, -0.1) is 0 Å². The van der Waals surface area contributed by atoms with Crippen molar-refractivity contribution in [2.45, 2.75) is 37.9 Å². The van der Waals surface area contributed by atoms with E-state index >= 15 is 0 Å². The molecule has 1 saturated carbocycles. The lowest BCUT2D eigenvalue weighted by Gasteiger charge is -2.27. The summed E-state index contributed by atoms with van der Waals surface area (Å²) in [6, 6.07) is 2.13. The SMILES string of the molecule is O=[N+]([O-])c1cc(CN(C2CC2)C2CCS(=O)(=O)C2)cs1. The molecule has 1 aliphatic heterocycles. The van der Waals surface area contributed by atoms with Gasteiger partial charge in [0.05, 0.1) is 16.4 Å². The van der Waals surface area contributed by atoms with Crippen LogP contribution in [0, 0.1) is 10.1 Å². The van der Waals surface area contributed by atoms with E-state index in [1.54, 1.807) is 11.4 Å². The highest BCUT2D eigenvalue weighted by Gasteiger charge is 2.39. The Labute approximate surface area is 121 Å². The predicted molar refractivity (Wildman–Crippen MR) is 76.6 cm³/mol. The predicted octanol–water partition coefficient (Wildman–Crippen LogP) is 1.81. The minimum absolute atomic E-state index is 0.0754. The summed E-state index contributed by atoms with van der Waals surface area (Å²) in [7, 11) is -2.89. The van der Waals surface area contributed by atoms with Gasteiger partial charge in [-0.05, 0) is 24.8 Å². The summed E-state index contributed by atoms with van der Waals surface area (Å²) in [5, 5.41) is 12.7. The molecule has 0 bridgehead atoms. The van der Waals surface area contributed by atoms with E-state index < -0.39 is 9.84 Å². The van der Waals surface area contributed by atoms with Crippen LogP contribution in [0.5, 0.6) is 0 Å². The Morgan fingerprint density at radius 3 is 2.60 bits per heavy atom. The first kappa shape index (κ1) is 14.0. The minimum atomic E-state index is -2.89. The molecule has 1 aromatic rings. The average Bonchev–Trinajstić information content (AvgIpc) is 2.98. The molecule has 2 aliphatic rings. The third-order valence-electron chi connectivity index (χ3n) is 3.88. The van der Waals surface area contributed by atoms with Crippen LogP contribution < -0.4 is 0 Å². The van der Waals surface area contributed by atoms with Crippen molar-refractivity contribution in [3.63, 3.8) is 0 Å². The quantitative estimate of drug-likeness (QED) is 0.611. The first-order chi connectivity index (χ1) is 9.44. The first-order valence-corrected chi connectivity index (χ1v) is 9.33. The lowest BCUT2D eigenvalue weighted by Crippen LogP contribution is -2.37. The molecule has 110 valence electrons. The molecule has 1 unspecified atom stereocenters. The molecule has 1 aromatic heterocycles. The zero-order chi connectivity index (χ0) is 14.3. The van der Waals surface area contributed by atoms with Gasteiger partial charge in [0.15, 0.2) is 9.84 Å². The average molecular weight is 316 g/mol. The Morgan fingerprint density at radius 2 is 2.10 bits per heavy atom. The van der Waals surface area contributed by atoms with Crippen molar-refractivity contribution < 1.29 is 13.3 Å². The van der Waals surface area contributed by atoms with Crippen LogP contribution in [0.4, 0.5) is 5.00 Å². The minimum Gasteiger partial charge on any atom is -0.292 e. The van der Waals surface area contributed by atoms with Gasteiger partial charge in [-0.1, -0.05) is 11.3 Å². The van der Waals surface area contributed by atoms with E-state index in [-0.39, 0.29) is 27.5 Å². The largest absolute Gasteiger partial charge is 0.324 e. The van der Waals surface area contributed by atoms with E-state index in [2.05, 4.69) is 4.90 Å². The number of nitrogens with zero attached hydrogens (tertiary/aromatic N) is 2. The summed E-state index contributed by atoms with van der Waals surface area (Å²) in [6.45, 7) is 0.620. The molecule has 0 spiro atoms. The standard InChI is InChI=1S/C12H16N2O4S2/c15-14(16)12-5-9(7-19-12)6-13(10-1-2-10)11-3-4-20(17,18)8-11/h5,7,10-11H,1-4,6,8H2. The molecule has 3 rings (SSSR count). The zero-order valence-electron chi connectivity index (χ0n) is 10.9. The molecule has 0 amide bonds. The van der Waals surface area contributed by atoms with E-state index in [0.29, 0.717) is 19.0 Å². The highest BCUT2D eigenvalue weighted by atomic mass is 32.2. The normalized spacial score (nSPS) is 25.1. The van der Waals surface area contributed by atoms with Crippen molar-refractivity contribution in [3.8, 4) is 0 Å². The van der Waals surface area contributed by atoms with Crippen molar-refractivity contribution >= 4 is 26.2 Å². The van der Waals surface area contributed by atoms with Gasteiger partial charge in [-0.3, -0.25) is 15.0 Å². The maximum Gasteiger partial charge on any atom is 0.324 e. The van der Waals surface area contributed by atoms with Crippen LogP contribution in [-0.4, -0.2) is 41.8 Å². The van der Waals surface area contributed by atoms with E-state index in [9.17, 15) is 18.5 Å². The summed E-state index contributed by atoms with van der Waals surface area (Å²) in [5.41, 5.74) is 0.915. The van der Waals surface area contributed by atoms with Gasteiger partial charge in [-0.2, -0.15) is 0 Å². The van der Waals surface area contributed by atoms with Gasteiger partial charge in [0.25, 0.3) is 0 Å². The van der Waals surface area contributed by atoms with Crippen LogP contribution in [0.2, 0.25) is 0 Å². The monoisotopic (exact) mass is 316 g/mol. The maximum atomic E-state index is 11.6. The summed E-state index contributed by atoms with van der Waals surface area (Å²) >= 11 is 1.13. The Bertz CT molecular complexity index is 621. The smallest absolute Gasteiger partial charge is 0.292 e. The zero-order valence-corrected chi connectivity index (χ0v) is 12.5. The number of hydrogen-bond donors (Lipinski definition) is 0. The number of rotatable bonds is 5. The van der Waals surface area contributed by atoms with Crippen molar-refractivity contribution in [2.24, 2.45) is 0 Å². The number of hydrogen-bond acceptors (Lipinski definition) is 6. The van der Waals surface area contributed by atoms with Gasteiger partial charge < -0.3 is 0 Å². The van der Waals surface area contributed by atoms with Gasteiger partial charge >= 0.3 is 5.00 Å². The fourth-order valence-corrected chi connectivity index (χ4v) is 5.21. The van der Waals surface area contributed by atoms with Crippen LogP contribution in [0.1, 0.15) is 24.8 Å². The molecule has 1 saturated heterocycles. The van der Waals surface area contributed by atoms with E-state index in [1.807, 2.05) is 0 Å². The summed E-state index contributed by atoms with van der Waals surface area (Å²) in [5.74, 6) is 0.500. The molecular weight excluding hydrogens is 300 g/mol. The Morgan fingerprint density at radius 1 is 1.35 bits per heavy atom. The van der Waals surface area contributed by atoms with Gasteiger partial charge in [0, 0.05) is 30.1 Å². The van der Waals surface area contributed by atoms with Gasteiger partial charge in [0.1, 0.15) is 0 Å². The fraction of sp³-hybridized carbons (Fsp3) is 0.667. The third kappa shape index (κ3) is 3.02. The second-order valence-corrected chi connectivity index (χ2v) is 8.63. The van der Waals surface area contributed by atoms with E-state index in [1.165, 1.54) is 0 Å². The number of nitro groups is 1. The van der Waals surface area contributed by atoms with Gasteiger partial charge in [-0.25, -0.2) is 8.42 Å². The van der Waals surface area contributed by atoms with Crippen molar-refractivity contribution in [1.29, 1.82) is 0 Å². The molecular formula is C12H16N2O4S2. The molecule has 8 heteroatoms. The summed E-state index contributed by atoms with van der Waals surface area (Å²) < 4.78 is 23.2. The van der Waals surface area contributed by atoms with Crippen molar-refractivity contribution in [2.75, 3.05) is 11.5 Å². The molecule has 20 heavy (non-hydrogen) atoms. The molecule has 2 fully saturated rings. The lowest BCUT2D eigenvalue weighted by atomic mass is 10.2. The second kappa shape index (κ2) is 5.09. The van der Waals surface area contributed by atoms with Crippen LogP contribution in [0.3, 0.4) is 0 Å². The summed E-state index contributed by atoms with van der Waals surface area (Å²) in [6.07, 6.45) is 2.89. The second-order valence-electron chi connectivity index (χ2n) is 5.51. The van der Waals surface area contributed by atoms with Crippen LogP contribution >= 0.6 is 11.3 Å². The molecule has 6 nitrogen and oxygen atoms in total. The number of sulfone groups is 1. The highest BCUT2D eigenvalue weighted by Crippen LogP contribution is 2.34. The van der Waals surface area contributed by atoms with E-state index in [0.717, 1.165) is 29.7 Å². The fourth-order valence-electron chi connectivity index (χ4n) is 2.75. The molecule has 0 radical (unpaired) electrons. The number of thiophene rings is 1. The Kier molecular flexibility index (Phi) is 3.55.